The highest BCUT2D eigenvalue weighted by Crippen LogP contribution is 2.31. The van der Waals surface area contributed by atoms with Crippen molar-refractivity contribution in [1.29, 1.82) is 0 Å². The number of fused-ring (bicyclic) bond motifs is 1. The minimum absolute atomic E-state index is 0.0374. The minimum atomic E-state index is -1.41. The van der Waals surface area contributed by atoms with Crippen molar-refractivity contribution in [2.45, 2.75) is 25.8 Å². The summed E-state index contributed by atoms with van der Waals surface area (Å²) < 4.78 is 45.1. The van der Waals surface area contributed by atoms with Crippen molar-refractivity contribution < 1.29 is 33.0 Å². The molecular weight excluding hydrogens is 629 g/mol. The fourth-order valence-electron chi connectivity index (χ4n) is 6.33. The standard InChI is InChI=1S/C21H19F2N3O3.C14H12FNO3/c1-24-6-8-25(9-7-24)19-11-18-15(10-17(19)23)20(27)16(21(28)29)12-26(18)14-4-2-13(22)3-5-14;1-7-2-3-8-4-9(15)5-10-12(8)16(7)6-11(13(10)17)14(18)19/h2-5,10-12H,6-9H2,1H3,(H,28,29);4-7H,2-3H2,1H3,(H,18,19). The van der Waals surface area contributed by atoms with E-state index in [1.165, 1.54) is 47.3 Å². The van der Waals surface area contributed by atoms with E-state index in [0.29, 0.717) is 41.9 Å². The molecule has 10 nitrogen and oxygen atoms in total. The van der Waals surface area contributed by atoms with Crippen molar-refractivity contribution in [1.82, 2.24) is 14.0 Å². The van der Waals surface area contributed by atoms with Gasteiger partial charge in [-0.25, -0.2) is 22.8 Å². The van der Waals surface area contributed by atoms with Crippen LogP contribution in [0.3, 0.4) is 0 Å². The number of pyridine rings is 2. The van der Waals surface area contributed by atoms with Gasteiger partial charge in [-0.2, -0.15) is 0 Å². The van der Waals surface area contributed by atoms with E-state index in [2.05, 4.69) is 4.90 Å². The van der Waals surface area contributed by atoms with Crippen molar-refractivity contribution in [3.05, 3.63) is 116 Å². The molecule has 2 aliphatic rings. The predicted molar refractivity (Wildman–Crippen MR) is 174 cm³/mol. The van der Waals surface area contributed by atoms with Gasteiger partial charge in [-0.15, -0.1) is 0 Å². The largest absolute Gasteiger partial charge is 0.477 e. The van der Waals surface area contributed by atoms with E-state index in [-0.39, 0.29) is 22.4 Å². The number of hydrogen-bond donors (Lipinski definition) is 2. The van der Waals surface area contributed by atoms with Crippen molar-refractivity contribution in [2.24, 2.45) is 0 Å². The highest BCUT2D eigenvalue weighted by atomic mass is 19.1. The van der Waals surface area contributed by atoms with E-state index in [0.717, 1.165) is 37.2 Å². The Labute approximate surface area is 271 Å². The average Bonchev–Trinajstić information content (AvgIpc) is 3.05. The summed E-state index contributed by atoms with van der Waals surface area (Å²) in [7, 11) is 1.99. The van der Waals surface area contributed by atoms with Crippen LogP contribution in [-0.2, 0) is 6.42 Å². The molecule has 0 bridgehead atoms. The lowest BCUT2D eigenvalue weighted by Crippen LogP contribution is -2.44. The van der Waals surface area contributed by atoms with Gasteiger partial charge in [-0.05, 0) is 80.9 Å². The van der Waals surface area contributed by atoms with Gasteiger partial charge in [0.2, 0.25) is 10.9 Å². The smallest absolute Gasteiger partial charge is 0.341 e. The fraction of sp³-hybridized carbons (Fsp3) is 0.257. The van der Waals surface area contributed by atoms with Crippen LogP contribution < -0.4 is 15.8 Å². The lowest BCUT2D eigenvalue weighted by molar-refractivity contribution is 0.0684. The van der Waals surface area contributed by atoms with Gasteiger partial charge in [-0.3, -0.25) is 9.59 Å². The van der Waals surface area contributed by atoms with Crippen LogP contribution in [0.15, 0.2) is 70.5 Å². The first kappa shape index (κ1) is 32.5. The molecule has 0 spiro atoms. The Bertz CT molecular complexity index is 2220. The summed E-state index contributed by atoms with van der Waals surface area (Å²) in [6.07, 6.45) is 4.07. The second-order valence-electron chi connectivity index (χ2n) is 12.1. The maximum Gasteiger partial charge on any atom is 0.341 e. The maximum absolute atomic E-state index is 14.9. The zero-order valence-electron chi connectivity index (χ0n) is 26.0. The molecule has 5 aromatic rings. The molecular formula is C35H31F3N4O6. The van der Waals surface area contributed by atoms with E-state index >= 15 is 0 Å². The number of aromatic carboxylic acids is 2. The first-order chi connectivity index (χ1) is 22.8. The number of piperazine rings is 1. The highest BCUT2D eigenvalue weighted by molar-refractivity contribution is 5.95. The molecule has 1 unspecified atom stereocenters. The van der Waals surface area contributed by atoms with E-state index in [1.54, 1.807) is 10.6 Å². The number of aryl methyl sites for hydroxylation is 1. The molecule has 4 heterocycles. The lowest BCUT2D eigenvalue weighted by Gasteiger charge is -2.34. The van der Waals surface area contributed by atoms with Gasteiger partial charge in [0.15, 0.2) is 0 Å². The normalized spacial score (nSPS) is 16.1. The molecule has 7 rings (SSSR count). The molecule has 1 saturated heterocycles. The number of hydrogen-bond acceptors (Lipinski definition) is 6. The van der Waals surface area contributed by atoms with Gasteiger partial charge in [0.05, 0.1) is 16.7 Å². The topological polar surface area (TPSA) is 125 Å². The Morgan fingerprint density at radius 1 is 0.792 bits per heavy atom. The van der Waals surface area contributed by atoms with Crippen molar-refractivity contribution in [3.63, 3.8) is 0 Å². The third-order valence-corrected chi connectivity index (χ3v) is 8.96. The molecule has 13 heteroatoms. The van der Waals surface area contributed by atoms with Crippen LogP contribution in [0.5, 0.6) is 0 Å². The van der Waals surface area contributed by atoms with Crippen LogP contribution in [0, 0.1) is 17.5 Å². The third kappa shape index (κ3) is 5.92. The van der Waals surface area contributed by atoms with Crippen molar-refractivity contribution in [3.8, 4) is 5.69 Å². The molecule has 1 atom stereocenters. The first-order valence-electron chi connectivity index (χ1n) is 15.3. The Morgan fingerprint density at radius 3 is 2.06 bits per heavy atom. The number of benzene rings is 3. The summed E-state index contributed by atoms with van der Waals surface area (Å²) in [4.78, 5) is 51.5. The number of nitrogens with zero attached hydrogens (tertiary/aromatic N) is 4. The summed E-state index contributed by atoms with van der Waals surface area (Å²) in [5.74, 6) is -4.20. The lowest BCUT2D eigenvalue weighted by atomic mass is 9.96. The maximum atomic E-state index is 14.9. The van der Waals surface area contributed by atoms with Gasteiger partial charge in [0.25, 0.3) is 0 Å². The van der Waals surface area contributed by atoms with Crippen LogP contribution in [-0.4, -0.2) is 69.4 Å². The Balaban J connectivity index is 0.000000182. The van der Waals surface area contributed by atoms with Crippen LogP contribution in [0.2, 0.25) is 0 Å². The summed E-state index contributed by atoms with van der Waals surface area (Å²) >= 11 is 0. The Kier molecular flexibility index (Phi) is 8.56. The molecule has 1 fully saturated rings. The quantitative estimate of drug-likeness (QED) is 0.274. The monoisotopic (exact) mass is 660 g/mol. The molecule has 0 saturated carbocycles. The molecule has 0 amide bonds. The van der Waals surface area contributed by atoms with Gasteiger partial charge in [0, 0.05) is 61.1 Å². The summed E-state index contributed by atoms with van der Waals surface area (Å²) in [6.45, 7) is 4.78. The van der Waals surface area contributed by atoms with Gasteiger partial charge in [-0.1, -0.05) is 0 Å². The van der Waals surface area contributed by atoms with Crippen LogP contribution in [0.1, 0.15) is 45.7 Å². The van der Waals surface area contributed by atoms with Crippen LogP contribution >= 0.6 is 0 Å². The van der Waals surface area contributed by atoms with Crippen LogP contribution in [0.25, 0.3) is 27.5 Å². The molecule has 2 aliphatic heterocycles. The van der Waals surface area contributed by atoms with Gasteiger partial charge >= 0.3 is 11.9 Å². The zero-order valence-corrected chi connectivity index (χ0v) is 26.0. The number of anilines is 1. The Hall–Kier alpha value is -5.43. The average molecular weight is 661 g/mol. The molecule has 0 aliphatic carbocycles. The number of rotatable bonds is 4. The third-order valence-electron chi connectivity index (χ3n) is 8.96. The molecule has 3 aromatic carbocycles. The number of likely N-dealkylation sites (N-methyl/N-ethyl adjacent to an activating group) is 1. The molecule has 2 aromatic heterocycles. The second kappa shape index (κ2) is 12.6. The minimum Gasteiger partial charge on any atom is -0.477 e. The van der Waals surface area contributed by atoms with E-state index in [4.69, 9.17) is 5.11 Å². The second-order valence-corrected chi connectivity index (χ2v) is 12.1. The number of halogens is 3. The summed E-state index contributed by atoms with van der Waals surface area (Å²) in [6, 6.07) is 10.7. The summed E-state index contributed by atoms with van der Waals surface area (Å²) in [5.41, 5.74) is 0.452. The first-order valence-corrected chi connectivity index (χ1v) is 15.3. The molecule has 2 N–H and O–H groups in total. The summed E-state index contributed by atoms with van der Waals surface area (Å²) in [5, 5.41) is 18.6. The molecule has 248 valence electrons. The highest BCUT2D eigenvalue weighted by Gasteiger charge is 2.24. The number of carboxylic acids is 2. The van der Waals surface area contributed by atoms with E-state index in [9.17, 15) is 37.5 Å². The SMILES string of the molecule is CC1CCc2cc(F)cc3c(=O)c(C(=O)O)cn1c23.CN1CCN(c2cc3c(cc2F)c(=O)c(C(=O)O)cn3-c2ccc(F)cc2)CC1. The van der Waals surface area contributed by atoms with Crippen LogP contribution in [0.4, 0.5) is 18.9 Å². The molecule has 0 radical (unpaired) electrons. The zero-order chi connectivity index (χ0) is 34.4. The van der Waals surface area contributed by atoms with E-state index in [1.807, 2.05) is 18.9 Å². The van der Waals surface area contributed by atoms with E-state index < -0.39 is 45.8 Å². The van der Waals surface area contributed by atoms with Gasteiger partial charge < -0.3 is 29.1 Å². The number of carboxylic acid groups (broad SMARTS) is 2. The van der Waals surface area contributed by atoms with Crippen molar-refractivity contribution in [2.75, 3.05) is 38.1 Å². The van der Waals surface area contributed by atoms with Gasteiger partial charge in [0.1, 0.15) is 28.6 Å². The Morgan fingerprint density at radius 2 is 1.42 bits per heavy atom. The molecule has 48 heavy (non-hydrogen) atoms. The fourth-order valence-corrected chi connectivity index (χ4v) is 6.33. The predicted octanol–water partition coefficient (Wildman–Crippen LogP) is 5.06. The number of aromatic nitrogens is 2. The number of carbonyl (C=O) groups is 2. The van der Waals surface area contributed by atoms with Crippen molar-refractivity contribution >= 4 is 39.4 Å².